The molecule has 0 aliphatic heterocycles. The molecule has 1 N–H and O–H groups in total. The van der Waals surface area contributed by atoms with E-state index in [0.717, 1.165) is 21.1 Å². The highest BCUT2D eigenvalue weighted by molar-refractivity contribution is 9.10. The van der Waals surface area contributed by atoms with Crippen LogP contribution in [0.2, 0.25) is 10.0 Å². The third-order valence-corrected chi connectivity index (χ3v) is 4.43. The smallest absolute Gasteiger partial charge is 0.0548 e. The van der Waals surface area contributed by atoms with Crippen molar-refractivity contribution in [2.24, 2.45) is 0 Å². The summed E-state index contributed by atoms with van der Waals surface area (Å²) in [6.07, 6.45) is 0. The lowest BCUT2D eigenvalue weighted by atomic mass is 10.1. The first kappa shape index (κ1) is 14.9. The Morgan fingerprint density at radius 2 is 1.79 bits per heavy atom. The van der Waals surface area contributed by atoms with Gasteiger partial charge in [0.25, 0.3) is 0 Å². The van der Waals surface area contributed by atoms with Crippen molar-refractivity contribution in [2.45, 2.75) is 19.5 Å². The average Bonchev–Trinajstić information content (AvgIpc) is 2.40. The molecule has 0 bridgehead atoms. The summed E-state index contributed by atoms with van der Waals surface area (Å²) in [6, 6.07) is 14.1. The first-order valence-corrected chi connectivity index (χ1v) is 7.54. The van der Waals surface area contributed by atoms with Crippen LogP contribution in [0.1, 0.15) is 24.1 Å². The van der Waals surface area contributed by atoms with Crippen LogP contribution in [0, 0.1) is 0 Å². The van der Waals surface area contributed by atoms with E-state index in [2.05, 4.69) is 28.2 Å². The van der Waals surface area contributed by atoms with Crippen molar-refractivity contribution in [3.63, 3.8) is 0 Å². The minimum Gasteiger partial charge on any atom is -0.306 e. The zero-order valence-corrected chi connectivity index (χ0v) is 13.6. The first-order valence-electron chi connectivity index (χ1n) is 5.99. The Hall–Kier alpha value is -0.540. The number of nitrogens with one attached hydrogen (secondary N) is 1. The van der Waals surface area contributed by atoms with E-state index in [0.29, 0.717) is 0 Å². The van der Waals surface area contributed by atoms with Gasteiger partial charge in [-0.2, -0.15) is 0 Å². The van der Waals surface area contributed by atoms with Crippen LogP contribution in [-0.2, 0) is 6.54 Å². The van der Waals surface area contributed by atoms with Gasteiger partial charge in [-0.15, -0.1) is 0 Å². The van der Waals surface area contributed by atoms with E-state index in [1.54, 1.807) is 0 Å². The van der Waals surface area contributed by atoms with Crippen LogP contribution in [0.15, 0.2) is 46.9 Å². The zero-order chi connectivity index (χ0) is 13.8. The zero-order valence-electron chi connectivity index (χ0n) is 10.5. The van der Waals surface area contributed by atoms with Crippen molar-refractivity contribution >= 4 is 39.1 Å². The summed E-state index contributed by atoms with van der Waals surface area (Å²) in [5.74, 6) is 0. The summed E-state index contributed by atoms with van der Waals surface area (Å²) < 4.78 is 0.924. The minimum atomic E-state index is 0.270. The van der Waals surface area contributed by atoms with E-state index in [1.165, 1.54) is 11.1 Å². The Labute approximate surface area is 132 Å². The molecule has 0 spiro atoms. The molecule has 0 heterocycles. The lowest BCUT2D eigenvalue weighted by molar-refractivity contribution is 0.574. The van der Waals surface area contributed by atoms with Crippen molar-refractivity contribution in [2.75, 3.05) is 0 Å². The van der Waals surface area contributed by atoms with Crippen molar-refractivity contribution in [1.82, 2.24) is 5.32 Å². The molecule has 0 saturated heterocycles. The van der Waals surface area contributed by atoms with Crippen LogP contribution >= 0.6 is 39.1 Å². The van der Waals surface area contributed by atoms with Gasteiger partial charge in [-0.05, 0) is 58.2 Å². The monoisotopic (exact) mass is 357 g/mol. The van der Waals surface area contributed by atoms with Crippen molar-refractivity contribution < 1.29 is 0 Å². The topological polar surface area (TPSA) is 12.0 Å². The van der Waals surface area contributed by atoms with Gasteiger partial charge in [0.1, 0.15) is 0 Å². The molecule has 0 aliphatic carbocycles. The fraction of sp³-hybridized carbons (Fsp3) is 0.200. The Morgan fingerprint density at radius 1 is 1.11 bits per heavy atom. The molecular formula is C15H14BrCl2N. The molecule has 100 valence electrons. The lowest BCUT2D eigenvalue weighted by Crippen LogP contribution is -2.17. The summed E-state index contributed by atoms with van der Waals surface area (Å²) in [4.78, 5) is 0. The molecule has 1 atom stereocenters. The highest BCUT2D eigenvalue weighted by Crippen LogP contribution is 2.23. The SMILES string of the molecule is C[C@@H](NCc1ccc(Cl)c(Br)c1)c1ccc(Cl)cc1. The van der Waals surface area contributed by atoms with Crippen LogP contribution in [-0.4, -0.2) is 0 Å². The summed E-state index contributed by atoms with van der Waals surface area (Å²) in [5.41, 5.74) is 2.41. The van der Waals surface area contributed by atoms with Gasteiger partial charge < -0.3 is 5.32 Å². The molecule has 2 rings (SSSR count). The van der Waals surface area contributed by atoms with E-state index < -0.39 is 0 Å². The van der Waals surface area contributed by atoms with Gasteiger partial charge in [-0.1, -0.05) is 41.4 Å². The second-order valence-corrected chi connectivity index (χ2v) is 6.10. The lowest BCUT2D eigenvalue weighted by Gasteiger charge is -2.14. The third-order valence-electron chi connectivity index (χ3n) is 2.97. The van der Waals surface area contributed by atoms with Crippen LogP contribution in [0.4, 0.5) is 0 Å². The molecule has 0 fully saturated rings. The number of hydrogen-bond acceptors (Lipinski definition) is 1. The van der Waals surface area contributed by atoms with E-state index in [9.17, 15) is 0 Å². The highest BCUT2D eigenvalue weighted by atomic mass is 79.9. The van der Waals surface area contributed by atoms with Gasteiger partial charge in [-0.3, -0.25) is 0 Å². The predicted molar refractivity (Wildman–Crippen MR) is 85.9 cm³/mol. The van der Waals surface area contributed by atoms with Gasteiger partial charge in [-0.25, -0.2) is 0 Å². The van der Waals surface area contributed by atoms with Crippen LogP contribution in [0.25, 0.3) is 0 Å². The standard InChI is InChI=1S/C15H14BrCl2N/c1-10(12-3-5-13(17)6-4-12)19-9-11-2-7-15(18)14(16)8-11/h2-8,10,19H,9H2,1H3/t10-/m1/s1. The fourth-order valence-electron chi connectivity index (χ4n) is 1.79. The molecule has 2 aromatic carbocycles. The van der Waals surface area contributed by atoms with Gasteiger partial charge in [0.05, 0.1) is 5.02 Å². The molecule has 0 saturated carbocycles. The minimum absolute atomic E-state index is 0.270. The number of halogens is 3. The fourth-order valence-corrected chi connectivity index (χ4v) is 2.46. The first-order chi connectivity index (χ1) is 9.06. The summed E-state index contributed by atoms with van der Waals surface area (Å²) >= 11 is 15.3. The largest absolute Gasteiger partial charge is 0.306 e. The van der Waals surface area contributed by atoms with Gasteiger partial charge in [0, 0.05) is 22.1 Å². The predicted octanol–water partition coefficient (Wildman–Crippen LogP) is 5.61. The maximum Gasteiger partial charge on any atom is 0.0548 e. The molecule has 0 amide bonds. The normalized spacial score (nSPS) is 12.4. The molecule has 0 aromatic heterocycles. The number of rotatable bonds is 4. The molecule has 0 unspecified atom stereocenters. The highest BCUT2D eigenvalue weighted by Gasteiger charge is 2.05. The van der Waals surface area contributed by atoms with Gasteiger partial charge >= 0.3 is 0 Å². The average molecular weight is 359 g/mol. The second-order valence-electron chi connectivity index (χ2n) is 4.40. The summed E-state index contributed by atoms with van der Waals surface area (Å²) in [7, 11) is 0. The molecule has 0 aliphatic rings. The second kappa shape index (κ2) is 6.76. The van der Waals surface area contributed by atoms with Crippen LogP contribution in [0.3, 0.4) is 0 Å². The third kappa shape index (κ3) is 4.22. The van der Waals surface area contributed by atoms with E-state index >= 15 is 0 Å². The Balaban J connectivity index is 1.98. The molecule has 19 heavy (non-hydrogen) atoms. The number of benzene rings is 2. The van der Waals surface area contributed by atoms with Crippen LogP contribution < -0.4 is 5.32 Å². The maximum atomic E-state index is 5.97. The quantitative estimate of drug-likeness (QED) is 0.749. The molecule has 1 nitrogen and oxygen atoms in total. The van der Waals surface area contributed by atoms with Crippen molar-refractivity contribution in [3.05, 3.63) is 68.1 Å². The van der Waals surface area contributed by atoms with E-state index in [1.807, 2.05) is 42.5 Å². The summed E-state index contributed by atoms with van der Waals surface area (Å²) in [6.45, 7) is 2.92. The van der Waals surface area contributed by atoms with Crippen molar-refractivity contribution in [3.8, 4) is 0 Å². The Morgan fingerprint density at radius 3 is 2.42 bits per heavy atom. The molecule has 2 aromatic rings. The maximum absolute atomic E-state index is 5.97. The molecule has 0 radical (unpaired) electrons. The number of hydrogen-bond donors (Lipinski definition) is 1. The van der Waals surface area contributed by atoms with Gasteiger partial charge in [0.15, 0.2) is 0 Å². The summed E-state index contributed by atoms with van der Waals surface area (Å²) in [5, 5.41) is 4.97. The Bertz CT molecular complexity index is 555. The van der Waals surface area contributed by atoms with Crippen LogP contribution in [0.5, 0.6) is 0 Å². The Kier molecular flexibility index (Phi) is 5.28. The molecule has 4 heteroatoms. The van der Waals surface area contributed by atoms with Crippen molar-refractivity contribution in [1.29, 1.82) is 0 Å². The van der Waals surface area contributed by atoms with Gasteiger partial charge in [0.2, 0.25) is 0 Å². The van der Waals surface area contributed by atoms with E-state index in [-0.39, 0.29) is 6.04 Å². The van der Waals surface area contributed by atoms with E-state index in [4.69, 9.17) is 23.2 Å². The molecular weight excluding hydrogens is 345 g/mol.